The molecule has 10 aromatic carbocycles. The number of nitrogens with zero attached hydrogens (tertiary/aromatic N) is 2. The summed E-state index contributed by atoms with van der Waals surface area (Å²) in [6.45, 7) is 0. The van der Waals surface area contributed by atoms with E-state index < -0.39 is 5.41 Å². The van der Waals surface area contributed by atoms with E-state index in [1.165, 1.54) is 103 Å². The number of fused-ring (bicyclic) bond motifs is 16. The van der Waals surface area contributed by atoms with Gasteiger partial charge in [-0.2, -0.15) is 0 Å². The summed E-state index contributed by atoms with van der Waals surface area (Å²) in [6, 6.07) is 85.7. The van der Waals surface area contributed by atoms with Crippen molar-refractivity contribution < 1.29 is 0 Å². The molecular formula is C61H38N2S. The van der Waals surface area contributed by atoms with Gasteiger partial charge in [-0.1, -0.05) is 176 Å². The largest absolute Gasteiger partial charge is 0.310 e. The molecule has 0 saturated carbocycles. The maximum atomic E-state index is 2.51. The van der Waals surface area contributed by atoms with Gasteiger partial charge in [0.1, 0.15) is 0 Å². The summed E-state index contributed by atoms with van der Waals surface area (Å²) in [4.78, 5) is 2.51. The smallest absolute Gasteiger partial charge is 0.0726 e. The Hall–Kier alpha value is -7.98. The van der Waals surface area contributed by atoms with Crippen molar-refractivity contribution in [3.8, 4) is 39.1 Å². The van der Waals surface area contributed by atoms with Crippen molar-refractivity contribution in [1.29, 1.82) is 0 Å². The standard InChI is InChI=1S/C61H38N2S/c1-2-16-39(17-3-1)40-32-34-41(35-33-40)62(42-36-37-46-45-20-6-11-26-52(45)61(53(46)38-42)50-24-9-4-18-43(50)44-19-5-10-25-51(44)61)56-29-15-31-58-59(56)49-23-14-30-57(60(49)64-58)63-54-27-12-7-21-47(54)48-22-8-13-28-55(48)63/h1-38H. The molecule has 0 atom stereocenters. The van der Waals surface area contributed by atoms with E-state index >= 15 is 0 Å². The van der Waals surface area contributed by atoms with Gasteiger partial charge in [-0.15, -0.1) is 11.3 Å². The van der Waals surface area contributed by atoms with Gasteiger partial charge >= 0.3 is 0 Å². The molecule has 14 rings (SSSR count). The van der Waals surface area contributed by atoms with Crippen LogP contribution in [0.15, 0.2) is 231 Å². The minimum atomic E-state index is -0.448. The van der Waals surface area contributed by atoms with Crippen LogP contribution in [0.4, 0.5) is 17.1 Å². The van der Waals surface area contributed by atoms with Gasteiger partial charge in [0.15, 0.2) is 0 Å². The van der Waals surface area contributed by atoms with Crippen LogP contribution in [-0.4, -0.2) is 4.57 Å². The Balaban J connectivity index is 1.04. The first kappa shape index (κ1) is 35.6. The van der Waals surface area contributed by atoms with Crippen molar-refractivity contribution in [3.63, 3.8) is 0 Å². The molecule has 0 bridgehead atoms. The van der Waals surface area contributed by atoms with E-state index in [0.29, 0.717) is 0 Å². The highest BCUT2D eigenvalue weighted by Crippen LogP contribution is 2.63. The third-order valence-corrected chi connectivity index (χ3v) is 15.2. The van der Waals surface area contributed by atoms with Crippen molar-refractivity contribution in [2.24, 2.45) is 0 Å². The number of benzene rings is 10. The molecule has 2 heterocycles. The second kappa shape index (κ2) is 13.5. The van der Waals surface area contributed by atoms with Crippen molar-refractivity contribution in [3.05, 3.63) is 253 Å². The lowest BCUT2D eigenvalue weighted by atomic mass is 9.70. The first-order valence-electron chi connectivity index (χ1n) is 22.1. The highest BCUT2D eigenvalue weighted by atomic mass is 32.1. The summed E-state index contributed by atoms with van der Waals surface area (Å²) in [6.07, 6.45) is 0. The number of aromatic nitrogens is 1. The lowest BCUT2D eigenvalue weighted by molar-refractivity contribution is 0.793. The van der Waals surface area contributed by atoms with Crippen molar-refractivity contribution in [2.45, 2.75) is 5.41 Å². The van der Waals surface area contributed by atoms with E-state index in [1.54, 1.807) is 0 Å². The van der Waals surface area contributed by atoms with Crippen molar-refractivity contribution >= 4 is 70.4 Å². The van der Waals surface area contributed by atoms with E-state index in [-0.39, 0.29) is 0 Å². The number of thiophene rings is 1. The number of anilines is 3. The normalized spacial score (nSPS) is 13.1. The Kier molecular flexibility index (Phi) is 7.51. The minimum Gasteiger partial charge on any atom is -0.310 e. The van der Waals surface area contributed by atoms with E-state index in [9.17, 15) is 0 Å². The van der Waals surface area contributed by atoms with Gasteiger partial charge in [0.05, 0.1) is 32.5 Å². The van der Waals surface area contributed by atoms with Crippen LogP contribution in [0.3, 0.4) is 0 Å². The molecule has 0 N–H and O–H groups in total. The van der Waals surface area contributed by atoms with Gasteiger partial charge in [-0.3, -0.25) is 0 Å². The van der Waals surface area contributed by atoms with Crippen molar-refractivity contribution in [1.82, 2.24) is 4.57 Å². The molecule has 0 unspecified atom stereocenters. The highest BCUT2D eigenvalue weighted by Gasteiger charge is 2.51. The summed E-state index contributed by atoms with van der Waals surface area (Å²) in [7, 11) is 0. The second-order valence-electron chi connectivity index (χ2n) is 17.1. The zero-order valence-electron chi connectivity index (χ0n) is 34.7. The SMILES string of the molecule is c1ccc(-c2ccc(N(c3ccc4c(c3)C3(c5ccccc5-c5ccccc53)c3ccccc3-4)c3cccc4sc5c(-n6c7ccccc7c7ccccc76)cccc5c34)cc2)cc1. The maximum absolute atomic E-state index is 2.51. The van der Waals surface area contributed by atoms with Gasteiger partial charge in [-0.05, 0) is 110 Å². The van der Waals surface area contributed by atoms with Crippen LogP contribution in [0.2, 0.25) is 0 Å². The molecule has 64 heavy (non-hydrogen) atoms. The first-order valence-corrected chi connectivity index (χ1v) is 22.9. The summed E-state index contributed by atoms with van der Waals surface area (Å²) >= 11 is 1.89. The zero-order valence-corrected chi connectivity index (χ0v) is 35.6. The molecule has 0 fully saturated rings. The van der Waals surface area contributed by atoms with E-state index in [1.807, 2.05) is 11.3 Å². The quantitative estimate of drug-likeness (QED) is 0.168. The molecule has 2 aliphatic carbocycles. The van der Waals surface area contributed by atoms with Crippen LogP contribution in [0.25, 0.3) is 81.0 Å². The Morgan fingerprint density at radius 3 is 1.55 bits per heavy atom. The topological polar surface area (TPSA) is 8.17 Å². The molecule has 0 radical (unpaired) electrons. The molecule has 1 spiro atoms. The lowest BCUT2D eigenvalue weighted by Crippen LogP contribution is -2.26. The second-order valence-corrected chi connectivity index (χ2v) is 18.2. The fraction of sp³-hybridized carbons (Fsp3) is 0.0164. The Morgan fingerprint density at radius 1 is 0.375 bits per heavy atom. The van der Waals surface area contributed by atoms with Crippen LogP contribution < -0.4 is 4.90 Å². The van der Waals surface area contributed by atoms with Gasteiger partial charge in [0, 0.05) is 37.6 Å². The lowest BCUT2D eigenvalue weighted by Gasteiger charge is -2.32. The predicted molar refractivity (Wildman–Crippen MR) is 270 cm³/mol. The highest BCUT2D eigenvalue weighted by molar-refractivity contribution is 7.26. The molecule has 2 aromatic heterocycles. The van der Waals surface area contributed by atoms with E-state index in [2.05, 4.69) is 240 Å². The summed E-state index contributed by atoms with van der Waals surface area (Å²) in [5, 5.41) is 5.05. The third kappa shape index (κ3) is 4.79. The fourth-order valence-electron chi connectivity index (χ4n) is 11.4. The molecule has 3 heteroatoms. The Morgan fingerprint density at radius 2 is 0.891 bits per heavy atom. The third-order valence-electron chi connectivity index (χ3n) is 14.0. The zero-order chi connectivity index (χ0) is 41.9. The van der Waals surface area contributed by atoms with E-state index in [4.69, 9.17) is 0 Å². The van der Waals surface area contributed by atoms with Crippen LogP contribution >= 0.6 is 11.3 Å². The van der Waals surface area contributed by atoms with Crippen molar-refractivity contribution in [2.75, 3.05) is 4.90 Å². The first-order chi connectivity index (χ1) is 31.8. The molecular weight excluding hydrogens is 793 g/mol. The summed E-state index contributed by atoms with van der Waals surface area (Å²) < 4.78 is 5.01. The van der Waals surface area contributed by atoms with Gasteiger partial charge < -0.3 is 9.47 Å². The van der Waals surface area contributed by atoms with Gasteiger partial charge in [0.2, 0.25) is 0 Å². The molecule has 0 aliphatic heterocycles. The monoisotopic (exact) mass is 830 g/mol. The maximum Gasteiger partial charge on any atom is 0.0726 e. The molecule has 2 nitrogen and oxygen atoms in total. The van der Waals surface area contributed by atoms with Crippen LogP contribution in [-0.2, 0) is 5.41 Å². The average Bonchev–Trinajstić information content (AvgIpc) is 4.09. The fourth-order valence-corrected chi connectivity index (χ4v) is 12.7. The molecule has 2 aliphatic rings. The van der Waals surface area contributed by atoms with Crippen LogP contribution in [0, 0.1) is 0 Å². The number of hydrogen-bond acceptors (Lipinski definition) is 2. The molecule has 12 aromatic rings. The van der Waals surface area contributed by atoms with Gasteiger partial charge in [-0.25, -0.2) is 0 Å². The molecule has 298 valence electrons. The minimum absolute atomic E-state index is 0.448. The number of para-hydroxylation sites is 2. The van der Waals surface area contributed by atoms with Gasteiger partial charge in [0.25, 0.3) is 0 Å². The number of hydrogen-bond donors (Lipinski definition) is 0. The summed E-state index contributed by atoms with van der Waals surface area (Å²) in [5.41, 5.74) is 19.6. The van der Waals surface area contributed by atoms with Crippen LogP contribution in [0.1, 0.15) is 22.3 Å². The molecule has 0 saturated heterocycles. The average molecular weight is 831 g/mol. The van der Waals surface area contributed by atoms with E-state index in [0.717, 1.165) is 17.1 Å². The molecule has 0 amide bonds. The predicted octanol–water partition coefficient (Wildman–Crippen LogP) is 16.6. The Bertz CT molecular complexity index is 3740. The van der Waals surface area contributed by atoms with Crippen LogP contribution in [0.5, 0.6) is 0 Å². The summed E-state index contributed by atoms with van der Waals surface area (Å²) in [5.74, 6) is 0. The number of rotatable bonds is 5. The Labute approximate surface area is 375 Å².